The predicted molar refractivity (Wildman–Crippen MR) is 38.8 cm³/mol. The quantitative estimate of drug-likeness (QED) is 0.472. The van der Waals surface area contributed by atoms with E-state index >= 15 is 0 Å². The van der Waals surface area contributed by atoms with Gasteiger partial charge in [-0.2, -0.15) is 0 Å². The van der Waals surface area contributed by atoms with Crippen LogP contribution < -0.4 is 0 Å². The molecule has 0 amide bonds. The van der Waals surface area contributed by atoms with Gasteiger partial charge in [0.05, 0.1) is 5.70 Å². The molecule has 0 aliphatic heterocycles. The molecule has 0 bridgehead atoms. The van der Waals surface area contributed by atoms with Gasteiger partial charge in [-0.3, -0.25) is 0 Å². The number of hydrogen-bond donors (Lipinski definition) is 0. The van der Waals surface area contributed by atoms with Crippen molar-refractivity contribution < 1.29 is 0 Å². The molecule has 0 atom stereocenters. The minimum absolute atomic E-state index is 1.03. The number of nitrogens with zero attached hydrogens (tertiary/aromatic N) is 1. The van der Waals surface area contributed by atoms with Gasteiger partial charge in [0, 0.05) is 20.5 Å². The zero-order valence-electron chi connectivity index (χ0n) is 5.94. The molecule has 0 radical (unpaired) electrons. The molecule has 1 rings (SSSR count). The molecule has 1 nitrogen and oxygen atoms in total. The van der Waals surface area contributed by atoms with Gasteiger partial charge in [0.25, 0.3) is 0 Å². The number of rotatable bonds is 1. The summed E-state index contributed by atoms with van der Waals surface area (Å²) in [5.41, 5.74) is 1.15. The normalized spacial score (nSPS) is 15.6. The fourth-order valence-corrected chi connectivity index (χ4v) is 0.780. The molecule has 0 aromatic heterocycles. The smallest absolute Gasteiger partial charge is 0.0833 e. The molecule has 1 aliphatic rings. The maximum atomic E-state index is 3.06. The summed E-state index contributed by atoms with van der Waals surface area (Å²) < 4.78 is 0. The lowest BCUT2D eigenvalue weighted by Crippen LogP contribution is -2.10. The van der Waals surface area contributed by atoms with E-state index in [2.05, 4.69) is 17.9 Å². The van der Waals surface area contributed by atoms with Crippen LogP contribution in [0.5, 0.6) is 0 Å². The van der Waals surface area contributed by atoms with Gasteiger partial charge < -0.3 is 4.90 Å². The Hall–Kier alpha value is -0.900. The van der Waals surface area contributed by atoms with Crippen molar-refractivity contribution in [2.24, 2.45) is 0 Å². The zero-order chi connectivity index (χ0) is 6.69. The van der Waals surface area contributed by atoms with Crippen molar-refractivity contribution in [3.05, 3.63) is 11.8 Å². The van der Waals surface area contributed by atoms with Crippen molar-refractivity contribution in [2.45, 2.75) is 12.8 Å². The average Bonchev–Trinajstić information content (AvgIpc) is 1.90. The molecule has 9 heavy (non-hydrogen) atoms. The lowest BCUT2D eigenvalue weighted by molar-refractivity contribution is 0.530. The summed E-state index contributed by atoms with van der Waals surface area (Å²) >= 11 is 0. The summed E-state index contributed by atoms with van der Waals surface area (Å²) in [6.07, 6.45) is 4.31. The molecule has 0 unspecified atom stereocenters. The molecule has 0 aromatic carbocycles. The maximum Gasteiger partial charge on any atom is 0.0833 e. The second-order valence-electron chi connectivity index (χ2n) is 2.32. The summed E-state index contributed by atoms with van der Waals surface area (Å²) in [7, 11) is 4.04. The molecule has 0 saturated carbocycles. The molecular formula is C8H11N. The van der Waals surface area contributed by atoms with Crippen LogP contribution in [0.4, 0.5) is 0 Å². The summed E-state index contributed by atoms with van der Waals surface area (Å²) in [4.78, 5) is 2.05. The predicted octanol–water partition coefficient (Wildman–Crippen LogP) is 1.23. The third-order valence-electron chi connectivity index (χ3n) is 1.31. The fourth-order valence-electron chi connectivity index (χ4n) is 0.780. The Labute approximate surface area is 56.4 Å². The Kier molecular flexibility index (Phi) is 1.79. The average molecular weight is 121 g/mol. The van der Waals surface area contributed by atoms with E-state index in [1.165, 1.54) is 0 Å². The molecular weight excluding hydrogens is 110 g/mol. The molecule has 0 spiro atoms. The van der Waals surface area contributed by atoms with E-state index in [1.54, 1.807) is 0 Å². The Morgan fingerprint density at radius 2 is 2.33 bits per heavy atom. The number of allylic oxidation sites excluding steroid dienone is 2. The molecule has 0 aromatic rings. The highest BCUT2D eigenvalue weighted by molar-refractivity contribution is 5.29. The van der Waals surface area contributed by atoms with E-state index in [0.29, 0.717) is 0 Å². The van der Waals surface area contributed by atoms with Crippen LogP contribution in [0.1, 0.15) is 12.8 Å². The molecule has 0 N–H and O–H groups in total. The van der Waals surface area contributed by atoms with Crippen LogP contribution >= 0.6 is 0 Å². The van der Waals surface area contributed by atoms with E-state index < -0.39 is 0 Å². The van der Waals surface area contributed by atoms with Gasteiger partial charge in [-0.25, -0.2) is 0 Å². The van der Waals surface area contributed by atoms with Gasteiger partial charge in [0.15, 0.2) is 0 Å². The Bertz CT molecular complexity index is 178. The Morgan fingerprint density at radius 1 is 1.56 bits per heavy atom. The van der Waals surface area contributed by atoms with Crippen LogP contribution in [0.15, 0.2) is 11.8 Å². The third kappa shape index (κ3) is 1.50. The molecule has 0 fully saturated rings. The molecule has 1 aliphatic carbocycles. The SMILES string of the molecule is CN(C)C1=CCCC#C1. The first-order chi connectivity index (χ1) is 4.30. The van der Waals surface area contributed by atoms with Gasteiger partial charge in [-0.15, -0.1) is 0 Å². The topological polar surface area (TPSA) is 3.24 Å². The van der Waals surface area contributed by atoms with Crippen molar-refractivity contribution in [2.75, 3.05) is 14.1 Å². The van der Waals surface area contributed by atoms with Crippen molar-refractivity contribution in [3.8, 4) is 11.8 Å². The van der Waals surface area contributed by atoms with Gasteiger partial charge >= 0.3 is 0 Å². The largest absolute Gasteiger partial charge is 0.371 e. The van der Waals surface area contributed by atoms with Gasteiger partial charge in [-0.05, 0) is 12.3 Å². The summed E-state index contributed by atoms with van der Waals surface area (Å²) in [6, 6.07) is 0. The molecule has 0 heterocycles. The fraction of sp³-hybridized carbons (Fsp3) is 0.500. The third-order valence-corrected chi connectivity index (χ3v) is 1.31. The summed E-state index contributed by atoms with van der Waals surface area (Å²) in [5.74, 6) is 6.11. The monoisotopic (exact) mass is 121 g/mol. The minimum atomic E-state index is 1.03. The maximum absolute atomic E-state index is 3.06. The van der Waals surface area contributed by atoms with Gasteiger partial charge in [-0.1, -0.05) is 12.0 Å². The second-order valence-corrected chi connectivity index (χ2v) is 2.32. The summed E-state index contributed by atoms with van der Waals surface area (Å²) in [5, 5.41) is 0. The number of hydrogen-bond acceptors (Lipinski definition) is 1. The van der Waals surface area contributed by atoms with Gasteiger partial charge in [0.2, 0.25) is 0 Å². The first-order valence-corrected chi connectivity index (χ1v) is 3.17. The van der Waals surface area contributed by atoms with Crippen LogP contribution in [-0.4, -0.2) is 19.0 Å². The molecule has 1 heteroatoms. The highest BCUT2D eigenvalue weighted by atomic mass is 15.1. The van der Waals surface area contributed by atoms with Gasteiger partial charge in [0.1, 0.15) is 0 Å². The second kappa shape index (κ2) is 2.59. The zero-order valence-corrected chi connectivity index (χ0v) is 5.94. The highest BCUT2D eigenvalue weighted by Crippen LogP contribution is 2.04. The van der Waals surface area contributed by atoms with Crippen LogP contribution in [0.3, 0.4) is 0 Å². The van der Waals surface area contributed by atoms with Crippen molar-refractivity contribution in [3.63, 3.8) is 0 Å². The standard InChI is InChI=1S/C8H11N/c1-9(2)8-6-4-3-5-7-8/h6H,3-4H2,1-2H3. The van der Waals surface area contributed by atoms with E-state index in [9.17, 15) is 0 Å². The lowest BCUT2D eigenvalue weighted by atomic mass is 10.2. The lowest BCUT2D eigenvalue weighted by Gasteiger charge is -2.12. The first-order valence-electron chi connectivity index (χ1n) is 3.17. The van der Waals surface area contributed by atoms with Crippen LogP contribution in [-0.2, 0) is 0 Å². The Balaban J connectivity index is 2.65. The molecule has 48 valence electrons. The van der Waals surface area contributed by atoms with Crippen LogP contribution in [0.2, 0.25) is 0 Å². The Morgan fingerprint density at radius 3 is 2.67 bits per heavy atom. The van der Waals surface area contributed by atoms with E-state index in [0.717, 1.165) is 18.5 Å². The van der Waals surface area contributed by atoms with Crippen molar-refractivity contribution in [1.29, 1.82) is 0 Å². The van der Waals surface area contributed by atoms with Crippen molar-refractivity contribution in [1.82, 2.24) is 4.90 Å². The van der Waals surface area contributed by atoms with Crippen LogP contribution in [0, 0.1) is 11.8 Å². The van der Waals surface area contributed by atoms with Crippen LogP contribution in [0.25, 0.3) is 0 Å². The van der Waals surface area contributed by atoms with E-state index in [-0.39, 0.29) is 0 Å². The summed E-state index contributed by atoms with van der Waals surface area (Å²) in [6.45, 7) is 0. The highest BCUT2D eigenvalue weighted by Gasteiger charge is 1.96. The first kappa shape index (κ1) is 6.22. The van der Waals surface area contributed by atoms with Crippen molar-refractivity contribution >= 4 is 0 Å². The molecule has 0 saturated heterocycles. The minimum Gasteiger partial charge on any atom is -0.371 e. The van der Waals surface area contributed by atoms with E-state index in [4.69, 9.17) is 0 Å². The van der Waals surface area contributed by atoms with E-state index in [1.807, 2.05) is 19.0 Å².